The minimum atomic E-state index is -0.597. The number of esters is 1. The van der Waals surface area contributed by atoms with Crippen molar-refractivity contribution in [3.05, 3.63) is 76.5 Å². The molecule has 34 heavy (non-hydrogen) atoms. The SMILES string of the molecule is COc1cc(OC)cc(C(=O)Oc2ccc3c(c2C)O/C(=C\c2ccc4c(c2)OCO4)C3=O)c1. The van der Waals surface area contributed by atoms with Crippen LogP contribution in [0.3, 0.4) is 0 Å². The lowest BCUT2D eigenvalue weighted by Gasteiger charge is -2.11. The number of allylic oxidation sites excluding steroid dienone is 1. The van der Waals surface area contributed by atoms with Gasteiger partial charge in [-0.15, -0.1) is 0 Å². The molecule has 2 aliphatic heterocycles. The zero-order valence-electron chi connectivity index (χ0n) is 18.7. The summed E-state index contributed by atoms with van der Waals surface area (Å²) in [6, 6.07) is 13.3. The minimum Gasteiger partial charge on any atom is -0.497 e. The topological polar surface area (TPSA) is 89.5 Å². The Morgan fingerprint density at radius 1 is 0.941 bits per heavy atom. The molecule has 0 N–H and O–H groups in total. The molecule has 0 aliphatic carbocycles. The zero-order valence-corrected chi connectivity index (χ0v) is 18.7. The second kappa shape index (κ2) is 8.47. The number of carbonyl (C=O) groups excluding carboxylic acids is 2. The number of ketones is 1. The molecule has 0 saturated heterocycles. The summed E-state index contributed by atoms with van der Waals surface area (Å²) < 4.78 is 32.6. The third-order valence-corrected chi connectivity index (χ3v) is 5.52. The van der Waals surface area contributed by atoms with Crippen LogP contribution >= 0.6 is 0 Å². The Morgan fingerprint density at radius 3 is 2.41 bits per heavy atom. The van der Waals surface area contributed by atoms with Gasteiger partial charge in [0.1, 0.15) is 23.0 Å². The lowest BCUT2D eigenvalue weighted by atomic mass is 10.1. The van der Waals surface area contributed by atoms with E-state index in [1.54, 1.807) is 55.5 Å². The van der Waals surface area contributed by atoms with Crippen molar-refractivity contribution < 1.29 is 38.0 Å². The van der Waals surface area contributed by atoms with Crippen molar-refractivity contribution in [3.63, 3.8) is 0 Å². The first-order chi connectivity index (χ1) is 16.5. The standard InChI is InChI=1S/C26H20O8/c1-14-20(34-26(28)16-10-17(29-2)12-18(11-16)30-3)7-5-19-24(27)23(33-25(14)19)9-15-4-6-21-22(8-15)32-13-31-21/h4-12H,13H2,1-3H3/b23-9-. The summed E-state index contributed by atoms with van der Waals surface area (Å²) in [5.74, 6) is 2.13. The average Bonchev–Trinajstić information content (AvgIpc) is 3.45. The fraction of sp³-hybridized carbons (Fsp3) is 0.154. The predicted octanol–water partition coefficient (Wildman–Crippen LogP) is 4.58. The molecule has 0 spiro atoms. The van der Waals surface area contributed by atoms with Gasteiger partial charge in [0.2, 0.25) is 12.6 Å². The van der Waals surface area contributed by atoms with Crippen LogP contribution in [-0.4, -0.2) is 32.8 Å². The molecule has 0 atom stereocenters. The van der Waals surface area contributed by atoms with E-state index in [2.05, 4.69) is 0 Å². The number of rotatable bonds is 5. The van der Waals surface area contributed by atoms with Crippen LogP contribution in [0.1, 0.15) is 31.8 Å². The Hall–Kier alpha value is -4.46. The zero-order chi connectivity index (χ0) is 23.8. The predicted molar refractivity (Wildman–Crippen MR) is 121 cm³/mol. The summed E-state index contributed by atoms with van der Waals surface area (Å²) in [5, 5.41) is 0. The van der Waals surface area contributed by atoms with E-state index >= 15 is 0 Å². The van der Waals surface area contributed by atoms with E-state index in [1.165, 1.54) is 14.2 Å². The Bertz CT molecular complexity index is 1330. The van der Waals surface area contributed by atoms with Gasteiger partial charge in [0.25, 0.3) is 0 Å². The van der Waals surface area contributed by atoms with E-state index in [-0.39, 0.29) is 29.6 Å². The number of hydrogen-bond acceptors (Lipinski definition) is 8. The Kier molecular flexibility index (Phi) is 5.33. The summed E-state index contributed by atoms with van der Waals surface area (Å²) in [4.78, 5) is 25.7. The van der Waals surface area contributed by atoms with Crippen LogP contribution in [-0.2, 0) is 0 Å². The summed E-state index contributed by atoms with van der Waals surface area (Å²) in [6.45, 7) is 1.89. The molecule has 172 valence electrons. The van der Waals surface area contributed by atoms with Crippen LogP contribution in [0.15, 0.2) is 54.3 Å². The van der Waals surface area contributed by atoms with E-state index in [1.807, 2.05) is 6.07 Å². The molecule has 8 heteroatoms. The monoisotopic (exact) mass is 460 g/mol. The molecule has 0 aromatic heterocycles. The highest BCUT2D eigenvalue weighted by atomic mass is 16.7. The third kappa shape index (κ3) is 3.79. The Balaban J connectivity index is 1.40. The summed E-state index contributed by atoms with van der Waals surface area (Å²) in [6.07, 6.45) is 1.64. The molecule has 0 amide bonds. The average molecular weight is 460 g/mol. The van der Waals surface area contributed by atoms with Crippen molar-refractivity contribution in [2.24, 2.45) is 0 Å². The maximum absolute atomic E-state index is 12.9. The summed E-state index contributed by atoms with van der Waals surface area (Å²) in [7, 11) is 3.00. The van der Waals surface area contributed by atoms with Gasteiger partial charge in [0.15, 0.2) is 17.3 Å². The van der Waals surface area contributed by atoms with E-state index in [0.717, 1.165) is 5.56 Å². The smallest absolute Gasteiger partial charge is 0.343 e. The van der Waals surface area contributed by atoms with Crippen molar-refractivity contribution in [1.29, 1.82) is 0 Å². The van der Waals surface area contributed by atoms with Gasteiger partial charge in [-0.05, 0) is 55.0 Å². The first-order valence-corrected chi connectivity index (χ1v) is 10.4. The number of ether oxygens (including phenoxy) is 6. The molecule has 2 aliphatic rings. The van der Waals surface area contributed by atoms with Crippen LogP contribution in [0.4, 0.5) is 0 Å². The third-order valence-electron chi connectivity index (χ3n) is 5.52. The molecule has 5 rings (SSSR count). The minimum absolute atomic E-state index is 0.165. The highest BCUT2D eigenvalue weighted by molar-refractivity contribution is 6.15. The van der Waals surface area contributed by atoms with Crippen LogP contribution in [0.25, 0.3) is 6.08 Å². The molecule has 3 aromatic rings. The van der Waals surface area contributed by atoms with Gasteiger partial charge >= 0.3 is 5.97 Å². The second-order valence-corrected chi connectivity index (χ2v) is 7.61. The van der Waals surface area contributed by atoms with E-state index in [4.69, 9.17) is 28.4 Å². The lowest BCUT2D eigenvalue weighted by molar-refractivity contribution is 0.0732. The number of Topliss-reactive ketones (excluding diaryl/α,β-unsaturated/α-hetero) is 1. The van der Waals surface area contributed by atoms with Crippen LogP contribution < -0.4 is 28.4 Å². The van der Waals surface area contributed by atoms with Crippen molar-refractivity contribution in [2.75, 3.05) is 21.0 Å². The van der Waals surface area contributed by atoms with Crippen molar-refractivity contribution in [2.45, 2.75) is 6.92 Å². The molecule has 3 aromatic carbocycles. The van der Waals surface area contributed by atoms with E-state index in [9.17, 15) is 9.59 Å². The molecule has 0 radical (unpaired) electrons. The maximum Gasteiger partial charge on any atom is 0.343 e. The maximum atomic E-state index is 12.9. The molecular formula is C26H20O8. The molecule has 0 saturated carbocycles. The Labute approximate surface area is 195 Å². The van der Waals surface area contributed by atoms with Gasteiger partial charge in [-0.3, -0.25) is 4.79 Å². The van der Waals surface area contributed by atoms with Crippen molar-refractivity contribution in [3.8, 4) is 34.5 Å². The number of methoxy groups -OCH3 is 2. The highest BCUT2D eigenvalue weighted by Crippen LogP contribution is 2.40. The fourth-order valence-electron chi connectivity index (χ4n) is 3.72. The van der Waals surface area contributed by atoms with Crippen molar-refractivity contribution in [1.82, 2.24) is 0 Å². The van der Waals surface area contributed by atoms with Crippen LogP contribution in [0.2, 0.25) is 0 Å². The normalized spacial score (nSPS) is 14.6. The second-order valence-electron chi connectivity index (χ2n) is 7.61. The molecule has 0 unspecified atom stereocenters. The Morgan fingerprint density at radius 2 is 1.68 bits per heavy atom. The summed E-state index contributed by atoms with van der Waals surface area (Å²) in [5.41, 5.74) is 1.92. The van der Waals surface area contributed by atoms with E-state index in [0.29, 0.717) is 39.9 Å². The van der Waals surface area contributed by atoms with Gasteiger partial charge in [-0.25, -0.2) is 4.79 Å². The van der Waals surface area contributed by atoms with Gasteiger partial charge < -0.3 is 28.4 Å². The first-order valence-electron chi connectivity index (χ1n) is 10.4. The number of fused-ring (bicyclic) bond motifs is 2. The fourth-order valence-corrected chi connectivity index (χ4v) is 3.72. The van der Waals surface area contributed by atoms with E-state index < -0.39 is 5.97 Å². The lowest BCUT2D eigenvalue weighted by Crippen LogP contribution is -2.10. The highest BCUT2D eigenvalue weighted by Gasteiger charge is 2.31. The molecule has 0 fully saturated rings. The number of benzene rings is 3. The molecule has 2 heterocycles. The first kappa shape index (κ1) is 21.4. The quantitative estimate of drug-likeness (QED) is 0.311. The molecular weight excluding hydrogens is 440 g/mol. The molecule has 0 bridgehead atoms. The van der Waals surface area contributed by atoms with Gasteiger partial charge in [0.05, 0.1) is 25.3 Å². The molecule has 8 nitrogen and oxygen atoms in total. The van der Waals surface area contributed by atoms with Crippen LogP contribution in [0, 0.1) is 6.92 Å². The summed E-state index contributed by atoms with van der Waals surface area (Å²) >= 11 is 0. The van der Waals surface area contributed by atoms with Gasteiger partial charge in [-0.2, -0.15) is 0 Å². The van der Waals surface area contributed by atoms with Gasteiger partial charge in [0, 0.05) is 11.6 Å². The van der Waals surface area contributed by atoms with Gasteiger partial charge in [-0.1, -0.05) is 6.07 Å². The number of hydrogen-bond donors (Lipinski definition) is 0. The van der Waals surface area contributed by atoms with Crippen LogP contribution in [0.5, 0.6) is 34.5 Å². The number of carbonyl (C=O) groups is 2. The largest absolute Gasteiger partial charge is 0.497 e. The van der Waals surface area contributed by atoms with Crippen molar-refractivity contribution >= 4 is 17.8 Å².